The van der Waals surface area contributed by atoms with Crippen LogP contribution in [0.25, 0.3) is 0 Å². The largest absolute Gasteiger partial charge is 0.466 e. The number of piperidine rings is 1. The molecule has 0 atom stereocenters. The normalized spacial score (nSPS) is 16.0. The second-order valence-electron chi connectivity index (χ2n) is 6.59. The Balaban J connectivity index is 1.74. The summed E-state index contributed by atoms with van der Waals surface area (Å²) in [5.74, 6) is 0.960. The molecule has 0 spiro atoms. The first kappa shape index (κ1) is 20.7. The molecule has 1 aromatic heterocycles. The Labute approximate surface area is 161 Å². The van der Waals surface area contributed by atoms with Crippen LogP contribution in [0.5, 0.6) is 0 Å². The fourth-order valence-corrected chi connectivity index (χ4v) is 3.92. The molecule has 2 rings (SSSR count). The zero-order valence-corrected chi connectivity index (χ0v) is 17.1. The summed E-state index contributed by atoms with van der Waals surface area (Å²) in [5, 5.41) is 6.71. The van der Waals surface area contributed by atoms with Crippen LogP contribution in [0, 0.1) is 12.8 Å². The lowest BCUT2D eigenvalue weighted by Gasteiger charge is -2.33. The highest BCUT2D eigenvalue weighted by molar-refractivity contribution is 7.09. The van der Waals surface area contributed by atoms with Crippen LogP contribution in [0.4, 0.5) is 0 Å². The Morgan fingerprint density at radius 1 is 1.38 bits per heavy atom. The average molecular weight is 381 g/mol. The van der Waals surface area contributed by atoms with E-state index in [9.17, 15) is 4.79 Å². The van der Waals surface area contributed by atoms with E-state index in [4.69, 9.17) is 9.73 Å². The molecule has 0 aliphatic carbocycles. The number of nitrogens with one attached hydrogen (secondary N) is 1. The van der Waals surface area contributed by atoms with Crippen molar-refractivity contribution in [2.45, 2.75) is 52.9 Å². The van der Waals surface area contributed by atoms with E-state index in [2.05, 4.69) is 27.5 Å². The molecule has 146 valence electrons. The van der Waals surface area contributed by atoms with Gasteiger partial charge in [-0.3, -0.25) is 9.79 Å². The van der Waals surface area contributed by atoms with E-state index in [-0.39, 0.29) is 11.9 Å². The number of hydrogen-bond acceptors (Lipinski definition) is 5. The predicted octanol–water partition coefficient (Wildman–Crippen LogP) is 3.01. The fraction of sp³-hybridized carbons (Fsp3) is 0.737. The number of aliphatic imine (C=N–C) groups is 1. The number of rotatable bonds is 8. The lowest BCUT2D eigenvalue weighted by Crippen LogP contribution is -2.46. The van der Waals surface area contributed by atoms with Crippen LogP contribution < -0.4 is 5.32 Å². The Kier molecular flexibility index (Phi) is 8.88. The second kappa shape index (κ2) is 11.2. The summed E-state index contributed by atoms with van der Waals surface area (Å²) < 4.78 is 5.15. The van der Waals surface area contributed by atoms with Crippen molar-refractivity contribution in [1.29, 1.82) is 0 Å². The predicted molar refractivity (Wildman–Crippen MR) is 107 cm³/mol. The molecule has 6 nitrogen and oxygen atoms in total. The molecule has 26 heavy (non-hydrogen) atoms. The summed E-state index contributed by atoms with van der Waals surface area (Å²) in [5.41, 5.74) is 1.11. The maximum atomic E-state index is 11.9. The summed E-state index contributed by atoms with van der Waals surface area (Å²) in [6, 6.07) is 0. The van der Waals surface area contributed by atoms with Crippen LogP contribution in [0.15, 0.2) is 10.4 Å². The van der Waals surface area contributed by atoms with E-state index in [0.29, 0.717) is 6.61 Å². The molecule has 0 bridgehead atoms. The third-order valence-corrected chi connectivity index (χ3v) is 5.50. The number of unbranched alkanes of at least 4 members (excludes halogenated alkanes) is 1. The van der Waals surface area contributed by atoms with Gasteiger partial charge in [0.05, 0.1) is 17.5 Å². The van der Waals surface area contributed by atoms with Gasteiger partial charge in [0.15, 0.2) is 5.96 Å². The van der Waals surface area contributed by atoms with Crippen molar-refractivity contribution in [2.75, 3.05) is 32.8 Å². The monoisotopic (exact) mass is 380 g/mol. The molecule has 2 heterocycles. The first-order chi connectivity index (χ1) is 12.6. The van der Waals surface area contributed by atoms with Gasteiger partial charge in [-0.25, -0.2) is 4.98 Å². The van der Waals surface area contributed by atoms with Crippen molar-refractivity contribution in [2.24, 2.45) is 10.9 Å². The highest BCUT2D eigenvalue weighted by Crippen LogP contribution is 2.19. The zero-order chi connectivity index (χ0) is 18.8. The lowest BCUT2D eigenvalue weighted by molar-refractivity contribution is -0.149. The Bertz CT molecular complexity index is 580. The van der Waals surface area contributed by atoms with Crippen molar-refractivity contribution in [3.05, 3.63) is 16.1 Å². The van der Waals surface area contributed by atoms with Crippen LogP contribution in [0.2, 0.25) is 0 Å². The zero-order valence-electron chi connectivity index (χ0n) is 16.3. The van der Waals surface area contributed by atoms with Gasteiger partial charge in [-0.1, -0.05) is 0 Å². The SMILES string of the molecule is CCNC(=NCCCCc1nc(C)cs1)N1CCC(C(=O)OCC)CC1. The maximum absolute atomic E-state index is 11.9. The van der Waals surface area contributed by atoms with Gasteiger partial charge in [0.25, 0.3) is 0 Å². The number of carbonyl (C=O) groups is 1. The number of carbonyl (C=O) groups excluding carboxylic acids is 1. The molecule has 7 heteroatoms. The van der Waals surface area contributed by atoms with Gasteiger partial charge < -0.3 is 15.0 Å². The highest BCUT2D eigenvalue weighted by atomic mass is 32.1. The summed E-state index contributed by atoms with van der Waals surface area (Å²) >= 11 is 1.75. The van der Waals surface area contributed by atoms with Crippen molar-refractivity contribution in [3.63, 3.8) is 0 Å². The number of hydrogen-bond donors (Lipinski definition) is 1. The summed E-state index contributed by atoms with van der Waals surface area (Å²) in [6.45, 7) is 9.84. The minimum atomic E-state index is -0.0495. The number of likely N-dealkylation sites (tertiary alicyclic amines) is 1. The molecule has 1 fully saturated rings. The molecule has 0 radical (unpaired) electrons. The number of guanidine groups is 1. The molecule has 1 aliphatic rings. The molecular weight excluding hydrogens is 348 g/mol. The van der Waals surface area contributed by atoms with Crippen molar-refractivity contribution < 1.29 is 9.53 Å². The third kappa shape index (κ3) is 6.59. The number of nitrogens with zero attached hydrogens (tertiary/aromatic N) is 3. The maximum Gasteiger partial charge on any atom is 0.309 e. The smallest absolute Gasteiger partial charge is 0.309 e. The second-order valence-corrected chi connectivity index (χ2v) is 7.53. The van der Waals surface area contributed by atoms with Crippen molar-refractivity contribution in [3.8, 4) is 0 Å². The molecule has 1 aliphatic heterocycles. The Morgan fingerprint density at radius 3 is 2.77 bits per heavy atom. The molecule has 0 unspecified atom stereocenters. The van der Waals surface area contributed by atoms with Crippen LogP contribution in [-0.4, -0.2) is 54.6 Å². The third-order valence-electron chi connectivity index (χ3n) is 4.48. The van der Waals surface area contributed by atoms with Crippen LogP contribution in [0.1, 0.15) is 50.2 Å². The summed E-state index contributed by atoms with van der Waals surface area (Å²) in [7, 11) is 0. The minimum Gasteiger partial charge on any atom is -0.466 e. The molecule has 1 N–H and O–H groups in total. The molecular formula is C19H32N4O2S. The quantitative estimate of drug-likeness (QED) is 0.325. The van der Waals surface area contributed by atoms with Gasteiger partial charge in [-0.2, -0.15) is 0 Å². The van der Waals surface area contributed by atoms with E-state index in [1.54, 1.807) is 11.3 Å². The van der Waals surface area contributed by atoms with Gasteiger partial charge >= 0.3 is 5.97 Å². The van der Waals surface area contributed by atoms with Crippen LogP contribution in [-0.2, 0) is 16.0 Å². The molecule has 1 aromatic rings. The van der Waals surface area contributed by atoms with E-state index >= 15 is 0 Å². The standard InChI is InChI=1S/C19H32N4O2S/c1-4-20-19(21-11-7-6-8-17-22-15(3)14-26-17)23-12-9-16(10-13-23)18(24)25-5-2/h14,16H,4-13H2,1-3H3,(H,20,21). The minimum absolute atomic E-state index is 0.0378. The van der Waals surface area contributed by atoms with E-state index in [0.717, 1.165) is 69.9 Å². The first-order valence-corrected chi connectivity index (χ1v) is 10.6. The highest BCUT2D eigenvalue weighted by Gasteiger charge is 2.27. The van der Waals surface area contributed by atoms with E-state index < -0.39 is 0 Å². The fourth-order valence-electron chi connectivity index (χ4n) is 3.10. The number of thiazole rings is 1. The van der Waals surface area contributed by atoms with Gasteiger partial charge in [0, 0.05) is 37.3 Å². The first-order valence-electron chi connectivity index (χ1n) is 9.75. The Morgan fingerprint density at radius 2 is 2.15 bits per heavy atom. The molecule has 0 amide bonds. The van der Waals surface area contributed by atoms with Crippen molar-refractivity contribution >= 4 is 23.3 Å². The lowest BCUT2D eigenvalue weighted by atomic mass is 9.97. The number of aryl methyl sites for hydroxylation is 2. The van der Waals surface area contributed by atoms with E-state index in [1.807, 2.05) is 13.8 Å². The molecule has 1 saturated heterocycles. The molecule has 0 saturated carbocycles. The summed E-state index contributed by atoms with van der Waals surface area (Å²) in [6.07, 6.45) is 4.89. The van der Waals surface area contributed by atoms with Gasteiger partial charge in [-0.15, -0.1) is 11.3 Å². The number of esters is 1. The number of ether oxygens (including phenoxy) is 1. The topological polar surface area (TPSA) is 66.8 Å². The van der Waals surface area contributed by atoms with Crippen molar-refractivity contribution in [1.82, 2.24) is 15.2 Å². The average Bonchev–Trinajstić information content (AvgIpc) is 3.06. The van der Waals surface area contributed by atoms with Gasteiger partial charge in [0.1, 0.15) is 0 Å². The van der Waals surface area contributed by atoms with Crippen LogP contribution in [0.3, 0.4) is 0 Å². The van der Waals surface area contributed by atoms with Gasteiger partial charge in [0.2, 0.25) is 0 Å². The van der Waals surface area contributed by atoms with Gasteiger partial charge in [-0.05, 0) is 52.9 Å². The number of aromatic nitrogens is 1. The van der Waals surface area contributed by atoms with E-state index in [1.165, 1.54) is 5.01 Å². The Hall–Kier alpha value is -1.63. The summed E-state index contributed by atoms with van der Waals surface area (Å²) in [4.78, 5) is 23.4. The van der Waals surface area contributed by atoms with Crippen LogP contribution >= 0.6 is 11.3 Å². The molecule has 0 aromatic carbocycles.